The number of halogens is 1. The number of fused-ring (bicyclic) bond motifs is 8. The molecule has 0 N–H and O–H groups in total. The first-order valence-electron chi connectivity index (χ1n) is 19.7. The van der Waals surface area contributed by atoms with Crippen molar-refractivity contribution in [2.75, 3.05) is 0 Å². The molecule has 2 aromatic heterocycles. The van der Waals surface area contributed by atoms with E-state index in [9.17, 15) is 4.39 Å². The SMILES string of the molecule is Fc1ccc(-c2nc3cc(-c4cccc(-c5cccc(-c6nc(-c7ccccc7)nc(-c7ccccc7)n6)c5)c4)ccc3c3c4ccccc4c4ccccc4c23)cc1. The third-order valence-electron chi connectivity index (χ3n) is 11.1. The predicted octanol–water partition coefficient (Wildman–Crippen LogP) is 14.0. The smallest absolute Gasteiger partial charge is 0.164 e. The van der Waals surface area contributed by atoms with Crippen LogP contribution in [-0.2, 0) is 0 Å². The Balaban J connectivity index is 1.04. The van der Waals surface area contributed by atoms with Gasteiger partial charge in [-0.3, -0.25) is 0 Å². The van der Waals surface area contributed by atoms with Crippen molar-refractivity contribution in [3.05, 3.63) is 206 Å². The molecule has 2 heterocycles. The van der Waals surface area contributed by atoms with Crippen molar-refractivity contribution in [3.8, 4) is 67.7 Å². The highest BCUT2D eigenvalue weighted by molar-refractivity contribution is 6.33. The number of pyridine rings is 1. The zero-order valence-electron chi connectivity index (χ0n) is 31.7. The van der Waals surface area contributed by atoms with E-state index < -0.39 is 0 Å². The number of hydrogen-bond acceptors (Lipinski definition) is 4. The molecule has 0 bridgehead atoms. The Morgan fingerprint density at radius 1 is 0.271 bits per heavy atom. The highest BCUT2D eigenvalue weighted by atomic mass is 19.1. The quantitative estimate of drug-likeness (QED) is 0.159. The minimum atomic E-state index is -0.274. The van der Waals surface area contributed by atoms with Crippen LogP contribution in [-0.4, -0.2) is 19.9 Å². The summed E-state index contributed by atoms with van der Waals surface area (Å²) in [6.45, 7) is 0. The minimum absolute atomic E-state index is 0.274. The van der Waals surface area contributed by atoms with E-state index >= 15 is 0 Å². The van der Waals surface area contributed by atoms with Crippen LogP contribution in [0.2, 0.25) is 0 Å². The minimum Gasteiger partial charge on any atom is -0.247 e. The maximum Gasteiger partial charge on any atom is 0.164 e. The average molecular weight is 757 g/mol. The lowest BCUT2D eigenvalue weighted by atomic mass is 9.89. The molecule has 0 aliphatic heterocycles. The van der Waals surface area contributed by atoms with Gasteiger partial charge in [-0.1, -0.05) is 158 Å². The molecular formula is C54H33FN4. The second-order valence-corrected chi connectivity index (χ2v) is 14.7. The Hall–Kier alpha value is -7.89. The van der Waals surface area contributed by atoms with Gasteiger partial charge >= 0.3 is 0 Å². The summed E-state index contributed by atoms with van der Waals surface area (Å²) in [5.74, 6) is 1.59. The van der Waals surface area contributed by atoms with Crippen LogP contribution >= 0.6 is 0 Å². The van der Waals surface area contributed by atoms with Crippen molar-refractivity contribution in [2.45, 2.75) is 0 Å². The van der Waals surface area contributed by atoms with E-state index in [1.807, 2.05) is 72.8 Å². The molecule has 0 radical (unpaired) electrons. The van der Waals surface area contributed by atoms with Crippen molar-refractivity contribution < 1.29 is 4.39 Å². The molecule has 276 valence electrons. The molecule has 11 aromatic rings. The molecule has 4 nitrogen and oxygen atoms in total. The van der Waals surface area contributed by atoms with Crippen LogP contribution in [0.3, 0.4) is 0 Å². The van der Waals surface area contributed by atoms with Crippen LogP contribution in [0.5, 0.6) is 0 Å². The first-order valence-corrected chi connectivity index (χ1v) is 19.7. The summed E-state index contributed by atoms with van der Waals surface area (Å²) >= 11 is 0. The van der Waals surface area contributed by atoms with Gasteiger partial charge in [0.1, 0.15) is 5.82 Å². The number of hydrogen-bond donors (Lipinski definition) is 0. The third kappa shape index (κ3) is 6.17. The maximum absolute atomic E-state index is 14.3. The Labute approximate surface area is 340 Å². The van der Waals surface area contributed by atoms with Crippen LogP contribution in [0, 0.1) is 5.82 Å². The van der Waals surface area contributed by atoms with Crippen molar-refractivity contribution in [1.82, 2.24) is 19.9 Å². The lowest BCUT2D eigenvalue weighted by Crippen LogP contribution is -2.00. The molecule has 0 saturated carbocycles. The standard InChI is InChI=1S/C54H33FN4/c55-42-28-25-34(26-29-42)51-50-46-24-10-8-22-44(46)43-21-7-9-23-45(43)49(50)47-30-27-40(33-48(47)56-51)38-18-11-17-37(31-38)39-19-12-20-41(32-39)54-58-52(35-13-3-1-4-14-35)57-53(59-54)36-15-5-2-6-16-36/h1-33H. The summed E-state index contributed by atoms with van der Waals surface area (Å²) in [5.41, 5.74) is 9.59. The van der Waals surface area contributed by atoms with Gasteiger partial charge in [-0.15, -0.1) is 0 Å². The molecule has 5 heteroatoms. The van der Waals surface area contributed by atoms with Gasteiger partial charge < -0.3 is 0 Å². The van der Waals surface area contributed by atoms with Gasteiger partial charge in [-0.05, 0) is 86.3 Å². The Morgan fingerprint density at radius 3 is 1.27 bits per heavy atom. The second-order valence-electron chi connectivity index (χ2n) is 14.7. The molecular weight excluding hydrogens is 724 g/mol. The fraction of sp³-hybridized carbons (Fsp3) is 0. The fourth-order valence-corrected chi connectivity index (χ4v) is 8.33. The monoisotopic (exact) mass is 756 g/mol. The molecule has 0 fully saturated rings. The van der Waals surface area contributed by atoms with E-state index in [-0.39, 0.29) is 5.82 Å². The normalized spacial score (nSPS) is 11.5. The highest BCUT2D eigenvalue weighted by Crippen LogP contribution is 2.43. The topological polar surface area (TPSA) is 51.6 Å². The molecule has 0 aliphatic carbocycles. The molecule has 0 amide bonds. The zero-order valence-corrected chi connectivity index (χ0v) is 31.7. The molecule has 0 atom stereocenters. The Kier molecular flexibility index (Phi) is 8.30. The van der Waals surface area contributed by atoms with E-state index in [4.69, 9.17) is 19.9 Å². The number of rotatable bonds is 6. The molecule has 0 saturated heterocycles. The molecule has 11 rings (SSSR count). The first-order chi connectivity index (χ1) is 29.1. The van der Waals surface area contributed by atoms with E-state index in [1.165, 1.54) is 22.9 Å². The van der Waals surface area contributed by atoms with Crippen molar-refractivity contribution in [3.63, 3.8) is 0 Å². The largest absolute Gasteiger partial charge is 0.247 e. The Bertz CT molecular complexity index is 3330. The van der Waals surface area contributed by atoms with Gasteiger partial charge in [0.2, 0.25) is 0 Å². The molecule has 0 unspecified atom stereocenters. The fourth-order valence-electron chi connectivity index (χ4n) is 8.33. The summed E-state index contributed by atoms with van der Waals surface area (Å²) in [4.78, 5) is 20.2. The second kappa shape index (κ2) is 14.2. The zero-order chi connectivity index (χ0) is 39.3. The van der Waals surface area contributed by atoms with Crippen LogP contribution in [0.15, 0.2) is 200 Å². The van der Waals surface area contributed by atoms with Crippen molar-refractivity contribution in [2.24, 2.45) is 0 Å². The number of aromatic nitrogens is 4. The van der Waals surface area contributed by atoms with Crippen molar-refractivity contribution in [1.29, 1.82) is 0 Å². The van der Waals surface area contributed by atoms with Gasteiger partial charge in [-0.2, -0.15) is 0 Å². The van der Waals surface area contributed by atoms with Gasteiger partial charge in [-0.25, -0.2) is 24.3 Å². The van der Waals surface area contributed by atoms with Gasteiger partial charge in [0.25, 0.3) is 0 Å². The molecule has 0 aliphatic rings. The van der Waals surface area contributed by atoms with Crippen LogP contribution in [0.25, 0.3) is 111 Å². The van der Waals surface area contributed by atoms with Crippen molar-refractivity contribution >= 4 is 43.2 Å². The van der Waals surface area contributed by atoms with Gasteiger partial charge in [0.05, 0.1) is 11.2 Å². The summed E-state index contributed by atoms with van der Waals surface area (Å²) in [7, 11) is 0. The number of benzene rings is 9. The summed E-state index contributed by atoms with van der Waals surface area (Å²) in [5, 5.41) is 7.93. The lowest BCUT2D eigenvalue weighted by Gasteiger charge is -2.17. The summed E-state index contributed by atoms with van der Waals surface area (Å²) in [6, 6.07) is 67.4. The highest BCUT2D eigenvalue weighted by Gasteiger charge is 2.19. The summed E-state index contributed by atoms with van der Waals surface area (Å²) < 4.78 is 14.3. The maximum atomic E-state index is 14.3. The van der Waals surface area contributed by atoms with Crippen LogP contribution < -0.4 is 0 Å². The van der Waals surface area contributed by atoms with E-state index in [0.717, 1.165) is 82.6 Å². The summed E-state index contributed by atoms with van der Waals surface area (Å²) in [6.07, 6.45) is 0. The molecule has 0 spiro atoms. The van der Waals surface area contributed by atoms with Crippen LogP contribution in [0.4, 0.5) is 4.39 Å². The van der Waals surface area contributed by atoms with E-state index in [2.05, 4.69) is 115 Å². The van der Waals surface area contributed by atoms with E-state index in [0.29, 0.717) is 17.5 Å². The lowest BCUT2D eigenvalue weighted by molar-refractivity contribution is 0.628. The van der Waals surface area contributed by atoms with E-state index in [1.54, 1.807) is 0 Å². The molecule has 9 aromatic carbocycles. The third-order valence-corrected chi connectivity index (χ3v) is 11.1. The van der Waals surface area contributed by atoms with Gasteiger partial charge in [0.15, 0.2) is 17.5 Å². The molecule has 59 heavy (non-hydrogen) atoms. The van der Waals surface area contributed by atoms with Crippen LogP contribution in [0.1, 0.15) is 0 Å². The van der Waals surface area contributed by atoms with Gasteiger partial charge in [0, 0.05) is 38.4 Å². The average Bonchev–Trinajstić information content (AvgIpc) is 3.31. The predicted molar refractivity (Wildman–Crippen MR) is 240 cm³/mol. The number of nitrogens with zero attached hydrogens (tertiary/aromatic N) is 4. The first kappa shape index (κ1) is 34.4. The Morgan fingerprint density at radius 2 is 0.695 bits per heavy atom.